The quantitative estimate of drug-likeness (QED) is 0.515. The van der Waals surface area contributed by atoms with Gasteiger partial charge in [0.25, 0.3) is 0 Å². The molecule has 0 aliphatic heterocycles. The summed E-state index contributed by atoms with van der Waals surface area (Å²) < 4.78 is 12.1. The van der Waals surface area contributed by atoms with Gasteiger partial charge in [-0.1, -0.05) is 26.2 Å². The van der Waals surface area contributed by atoms with Crippen molar-refractivity contribution < 1.29 is 14.6 Å². The first-order valence-electron chi connectivity index (χ1n) is 7.98. The first-order chi connectivity index (χ1) is 9.10. The molecule has 1 aliphatic carbocycles. The summed E-state index contributed by atoms with van der Waals surface area (Å²) in [6, 6.07) is 0. The zero-order chi connectivity index (χ0) is 14.3. The van der Waals surface area contributed by atoms with Gasteiger partial charge in [-0.2, -0.15) is 0 Å². The van der Waals surface area contributed by atoms with Crippen molar-refractivity contribution in [1.82, 2.24) is 0 Å². The van der Waals surface area contributed by atoms with E-state index in [0.29, 0.717) is 5.82 Å². The average Bonchev–Trinajstić information content (AvgIpc) is 2.65. The predicted octanol–water partition coefficient (Wildman–Crippen LogP) is 2.18. The molecular formula is C15H31BO3. The fraction of sp³-hybridized carbons (Fsp3) is 1.00. The second-order valence-electron chi connectivity index (χ2n) is 6.20. The molecule has 0 spiro atoms. The highest BCUT2D eigenvalue weighted by molar-refractivity contribution is 6.12. The van der Waals surface area contributed by atoms with Crippen LogP contribution in [0.4, 0.5) is 0 Å². The maximum atomic E-state index is 9.49. The van der Waals surface area contributed by atoms with Crippen LogP contribution in [0.15, 0.2) is 0 Å². The van der Waals surface area contributed by atoms with E-state index in [-0.39, 0.29) is 30.8 Å². The van der Waals surface area contributed by atoms with Crippen LogP contribution in [0.5, 0.6) is 0 Å². The third-order valence-electron chi connectivity index (χ3n) is 4.00. The van der Waals surface area contributed by atoms with E-state index in [1.54, 1.807) is 0 Å². The molecule has 1 fully saturated rings. The Hall–Kier alpha value is -0.0551. The highest BCUT2D eigenvalue weighted by atomic mass is 16.5. The molecule has 0 heterocycles. The molecule has 3 nitrogen and oxygen atoms in total. The summed E-state index contributed by atoms with van der Waals surface area (Å²) in [7, 11) is 2.21. The van der Waals surface area contributed by atoms with Crippen molar-refractivity contribution in [2.45, 2.75) is 77.0 Å². The summed E-state index contributed by atoms with van der Waals surface area (Å²) >= 11 is 0. The molecule has 0 aromatic heterocycles. The summed E-state index contributed by atoms with van der Waals surface area (Å²) in [5, 5.41) is 9.49. The zero-order valence-corrected chi connectivity index (χ0v) is 13.1. The van der Waals surface area contributed by atoms with Gasteiger partial charge in [0.15, 0.2) is 0 Å². The van der Waals surface area contributed by atoms with Crippen LogP contribution in [0.3, 0.4) is 0 Å². The molecule has 4 heteroatoms. The zero-order valence-electron chi connectivity index (χ0n) is 13.1. The minimum absolute atomic E-state index is 0.0613. The van der Waals surface area contributed by atoms with Gasteiger partial charge in [-0.25, -0.2) is 0 Å². The largest absolute Gasteiger partial charge is 0.396 e. The first-order valence-corrected chi connectivity index (χ1v) is 7.98. The summed E-state index contributed by atoms with van der Waals surface area (Å²) in [6.45, 7) is 7.35. The van der Waals surface area contributed by atoms with E-state index in [1.807, 2.05) is 0 Å². The Bertz CT molecular complexity index is 235. The molecule has 0 aromatic carbocycles. The summed E-state index contributed by atoms with van der Waals surface area (Å²) in [5.74, 6) is 0.713. The van der Waals surface area contributed by atoms with Gasteiger partial charge in [-0.05, 0) is 32.5 Å². The smallest absolute Gasteiger partial charge is 0.108 e. The minimum atomic E-state index is 0.0613. The number of hydrogen-bond donors (Lipinski definition) is 1. The van der Waals surface area contributed by atoms with Crippen LogP contribution in [0.2, 0.25) is 5.82 Å². The van der Waals surface area contributed by atoms with Gasteiger partial charge in [0.2, 0.25) is 0 Å². The third-order valence-corrected chi connectivity index (χ3v) is 4.00. The fourth-order valence-corrected chi connectivity index (χ4v) is 3.03. The van der Waals surface area contributed by atoms with Gasteiger partial charge in [0, 0.05) is 19.1 Å². The Morgan fingerprint density at radius 1 is 1.21 bits per heavy atom. The maximum Gasteiger partial charge on any atom is 0.108 e. The minimum Gasteiger partial charge on any atom is -0.396 e. The van der Waals surface area contributed by atoms with E-state index in [2.05, 4.69) is 28.6 Å². The lowest BCUT2D eigenvalue weighted by molar-refractivity contribution is -0.0988. The Morgan fingerprint density at radius 3 is 2.53 bits per heavy atom. The number of ether oxygens (including phenoxy) is 2. The molecule has 4 atom stereocenters. The van der Waals surface area contributed by atoms with Gasteiger partial charge in [0.1, 0.15) is 7.85 Å². The fourth-order valence-electron chi connectivity index (χ4n) is 3.03. The Balaban J connectivity index is 2.42. The normalized spacial score (nSPS) is 31.2. The Morgan fingerprint density at radius 2 is 1.95 bits per heavy atom. The van der Waals surface area contributed by atoms with Crippen LogP contribution >= 0.6 is 0 Å². The summed E-state index contributed by atoms with van der Waals surface area (Å²) in [5.41, 5.74) is 0. The summed E-state index contributed by atoms with van der Waals surface area (Å²) in [4.78, 5) is 0. The van der Waals surface area contributed by atoms with E-state index in [4.69, 9.17) is 9.47 Å². The molecule has 1 aliphatic rings. The number of aliphatic hydroxyl groups is 1. The lowest BCUT2D eigenvalue weighted by Crippen LogP contribution is -2.36. The van der Waals surface area contributed by atoms with Crippen molar-refractivity contribution in [2.75, 3.05) is 13.2 Å². The molecule has 1 N–H and O–H groups in total. The molecule has 19 heavy (non-hydrogen) atoms. The Kier molecular flexibility index (Phi) is 8.04. The lowest BCUT2D eigenvalue weighted by atomic mass is 9.83. The van der Waals surface area contributed by atoms with Crippen LogP contribution in [-0.4, -0.2) is 44.5 Å². The van der Waals surface area contributed by atoms with Crippen molar-refractivity contribution in [2.24, 2.45) is 5.92 Å². The number of unbranched alkanes of at least 4 members (excludes halogenated alkanes) is 3. The van der Waals surface area contributed by atoms with Crippen molar-refractivity contribution in [3.05, 3.63) is 0 Å². The standard InChI is InChI=1S/C15H31BO3/c1-4-5-6-7-8-18-15-13(16)9-12(10-17)14(15)19-11(2)3/h11-15,17H,4-10,16H2,1-3H3. The molecule has 1 saturated carbocycles. The number of rotatable bonds is 9. The van der Waals surface area contributed by atoms with Crippen LogP contribution in [0.1, 0.15) is 52.9 Å². The summed E-state index contributed by atoms with van der Waals surface area (Å²) in [6.07, 6.45) is 6.34. The molecule has 1 rings (SSSR count). The first kappa shape index (κ1) is 17.0. The van der Waals surface area contributed by atoms with E-state index in [1.165, 1.54) is 19.3 Å². The van der Waals surface area contributed by atoms with E-state index >= 15 is 0 Å². The van der Waals surface area contributed by atoms with E-state index < -0.39 is 0 Å². The molecule has 0 aromatic rings. The van der Waals surface area contributed by atoms with Crippen LogP contribution in [0, 0.1) is 5.92 Å². The molecule has 0 radical (unpaired) electrons. The number of aliphatic hydroxyl groups excluding tert-OH is 1. The van der Waals surface area contributed by atoms with Gasteiger partial charge < -0.3 is 14.6 Å². The van der Waals surface area contributed by atoms with Crippen LogP contribution in [-0.2, 0) is 9.47 Å². The molecule has 112 valence electrons. The van der Waals surface area contributed by atoms with Crippen molar-refractivity contribution in [3.63, 3.8) is 0 Å². The highest BCUT2D eigenvalue weighted by Gasteiger charge is 2.42. The SMILES string of the molecule is BC1CC(CO)C(OC(C)C)C1OCCCCCC. The molecule has 0 saturated heterocycles. The van der Waals surface area contributed by atoms with Gasteiger partial charge >= 0.3 is 0 Å². The second kappa shape index (κ2) is 8.99. The third kappa shape index (κ3) is 5.45. The molecular weight excluding hydrogens is 239 g/mol. The topological polar surface area (TPSA) is 38.7 Å². The number of hydrogen-bond acceptors (Lipinski definition) is 3. The van der Waals surface area contributed by atoms with Crippen molar-refractivity contribution in [1.29, 1.82) is 0 Å². The van der Waals surface area contributed by atoms with E-state index in [0.717, 1.165) is 19.4 Å². The van der Waals surface area contributed by atoms with Crippen LogP contribution < -0.4 is 0 Å². The maximum absolute atomic E-state index is 9.49. The van der Waals surface area contributed by atoms with Crippen molar-refractivity contribution >= 4 is 7.85 Å². The van der Waals surface area contributed by atoms with Crippen molar-refractivity contribution in [3.8, 4) is 0 Å². The van der Waals surface area contributed by atoms with E-state index in [9.17, 15) is 5.11 Å². The lowest BCUT2D eigenvalue weighted by Gasteiger charge is -2.28. The molecule has 0 amide bonds. The van der Waals surface area contributed by atoms with Gasteiger partial charge in [-0.3, -0.25) is 0 Å². The second-order valence-corrected chi connectivity index (χ2v) is 6.20. The van der Waals surface area contributed by atoms with Crippen LogP contribution in [0.25, 0.3) is 0 Å². The van der Waals surface area contributed by atoms with Gasteiger partial charge in [-0.15, -0.1) is 0 Å². The van der Waals surface area contributed by atoms with Gasteiger partial charge in [0.05, 0.1) is 18.3 Å². The Labute approximate surface area is 119 Å². The molecule has 0 bridgehead atoms. The monoisotopic (exact) mass is 270 g/mol. The molecule has 4 unspecified atom stereocenters. The predicted molar refractivity (Wildman–Crippen MR) is 81.4 cm³/mol. The highest BCUT2D eigenvalue weighted by Crippen LogP contribution is 2.38. The average molecular weight is 270 g/mol.